The van der Waals surface area contributed by atoms with Crippen molar-refractivity contribution < 1.29 is 13.6 Å². The van der Waals surface area contributed by atoms with E-state index in [4.69, 9.17) is 20.6 Å². The third-order valence-corrected chi connectivity index (χ3v) is 9.74. The molecule has 0 bridgehead atoms. The van der Waals surface area contributed by atoms with Gasteiger partial charge in [0.25, 0.3) is 0 Å². The van der Waals surface area contributed by atoms with Gasteiger partial charge in [0, 0.05) is 0 Å². The van der Waals surface area contributed by atoms with Crippen molar-refractivity contribution in [2.45, 2.75) is 13.8 Å². The molecule has 0 N–H and O–H groups in total. The van der Waals surface area contributed by atoms with Gasteiger partial charge in [-0.2, -0.15) is 0 Å². The zero-order chi connectivity index (χ0) is 12.0. The van der Waals surface area contributed by atoms with E-state index in [-0.39, 0.29) is 0 Å². The monoisotopic (exact) mass is 378 g/mol. The standard InChI is InChI=1S/C10H14ClO3PTe/c1-3-13-15(12,14-4-2)16-10-7-5-9(11)6-8-10/h5-8H,3-4H2,1-2H3. The summed E-state index contributed by atoms with van der Waals surface area (Å²) in [5.41, 5.74) is 0. The van der Waals surface area contributed by atoms with E-state index in [1.54, 1.807) is 12.1 Å². The molecule has 1 rings (SSSR count). The molecule has 0 atom stereocenters. The van der Waals surface area contributed by atoms with Crippen LogP contribution < -0.4 is 3.61 Å². The van der Waals surface area contributed by atoms with Gasteiger partial charge in [0.15, 0.2) is 0 Å². The molecule has 0 aliphatic rings. The second kappa shape index (κ2) is 7.01. The van der Waals surface area contributed by atoms with E-state index in [0.29, 0.717) is 18.2 Å². The topological polar surface area (TPSA) is 35.5 Å². The van der Waals surface area contributed by atoms with Crippen molar-refractivity contribution in [3.05, 3.63) is 29.3 Å². The zero-order valence-electron chi connectivity index (χ0n) is 9.18. The summed E-state index contributed by atoms with van der Waals surface area (Å²) in [7, 11) is 0. The maximum absolute atomic E-state index is 12.2. The van der Waals surface area contributed by atoms with Gasteiger partial charge in [-0.15, -0.1) is 0 Å². The number of benzene rings is 1. The zero-order valence-corrected chi connectivity index (χ0v) is 13.2. The summed E-state index contributed by atoms with van der Waals surface area (Å²) in [6.45, 7) is 4.46. The molecular weight excluding hydrogens is 362 g/mol. The quantitative estimate of drug-likeness (QED) is 0.566. The van der Waals surface area contributed by atoms with E-state index in [1.807, 2.05) is 26.0 Å². The van der Waals surface area contributed by atoms with Crippen LogP contribution in [0.5, 0.6) is 0 Å². The Kier molecular flexibility index (Phi) is 6.36. The Hall–Kier alpha value is 0.450. The summed E-state index contributed by atoms with van der Waals surface area (Å²) in [6.07, 6.45) is 0. The molecule has 0 saturated carbocycles. The van der Waals surface area contributed by atoms with Gasteiger partial charge in [0.2, 0.25) is 0 Å². The fraction of sp³-hybridized carbons (Fsp3) is 0.400. The third-order valence-electron chi connectivity index (χ3n) is 1.61. The second-order valence-corrected chi connectivity index (χ2v) is 11.6. The molecule has 0 amide bonds. The molecule has 1 aromatic rings. The van der Waals surface area contributed by atoms with Crippen LogP contribution in [0, 0.1) is 0 Å². The Balaban J connectivity index is 2.75. The maximum atomic E-state index is 12.2. The fourth-order valence-electron chi connectivity index (χ4n) is 1.03. The summed E-state index contributed by atoms with van der Waals surface area (Å²) in [5, 5.41) is -2.19. The van der Waals surface area contributed by atoms with Crippen LogP contribution in [-0.2, 0) is 13.6 Å². The van der Waals surface area contributed by atoms with Gasteiger partial charge in [-0.3, -0.25) is 0 Å². The SMILES string of the molecule is CCOP(=O)(OCC)[Te]c1ccc(Cl)cc1. The Morgan fingerprint density at radius 1 is 1.19 bits per heavy atom. The molecular formula is C10H14ClO3PTe. The third kappa shape index (κ3) is 4.75. The van der Waals surface area contributed by atoms with E-state index in [2.05, 4.69) is 0 Å². The first-order valence-electron chi connectivity index (χ1n) is 4.94. The molecule has 90 valence electrons. The Labute approximate surface area is 110 Å². The molecule has 0 aliphatic heterocycles. The molecule has 0 aromatic heterocycles. The van der Waals surface area contributed by atoms with E-state index in [0.717, 1.165) is 3.61 Å². The van der Waals surface area contributed by atoms with Crippen molar-refractivity contribution in [1.29, 1.82) is 0 Å². The first-order valence-corrected chi connectivity index (χ1v) is 11.1. The van der Waals surface area contributed by atoms with Gasteiger partial charge in [-0.1, -0.05) is 0 Å². The van der Waals surface area contributed by atoms with Crippen molar-refractivity contribution >= 4 is 40.9 Å². The Morgan fingerprint density at radius 3 is 2.12 bits per heavy atom. The first-order chi connectivity index (χ1) is 7.59. The predicted molar refractivity (Wildman–Crippen MR) is 67.7 cm³/mol. The van der Waals surface area contributed by atoms with Gasteiger partial charge in [-0.25, -0.2) is 0 Å². The molecule has 6 heteroatoms. The van der Waals surface area contributed by atoms with Crippen molar-refractivity contribution in [3.8, 4) is 0 Å². The summed E-state index contributed by atoms with van der Waals surface area (Å²) < 4.78 is 23.8. The van der Waals surface area contributed by atoms with E-state index < -0.39 is 25.7 Å². The molecule has 0 heterocycles. The van der Waals surface area contributed by atoms with Crippen LogP contribution in [0.2, 0.25) is 5.02 Å². The normalized spacial score (nSPS) is 11.7. The molecule has 0 saturated heterocycles. The van der Waals surface area contributed by atoms with E-state index >= 15 is 0 Å². The first kappa shape index (κ1) is 14.5. The van der Waals surface area contributed by atoms with Gasteiger partial charge in [-0.05, 0) is 0 Å². The van der Waals surface area contributed by atoms with Crippen molar-refractivity contribution in [2.24, 2.45) is 0 Å². The minimum absolute atomic E-state index is 0.412. The fourth-order valence-corrected chi connectivity index (χ4v) is 8.70. The number of halogens is 1. The average Bonchev–Trinajstić information content (AvgIpc) is 2.22. The molecule has 0 radical (unpaired) electrons. The van der Waals surface area contributed by atoms with Crippen LogP contribution in [-0.4, -0.2) is 33.6 Å². The summed E-state index contributed by atoms with van der Waals surface area (Å²) in [5.74, 6) is 0. The van der Waals surface area contributed by atoms with Crippen LogP contribution in [0.25, 0.3) is 0 Å². The van der Waals surface area contributed by atoms with E-state index in [9.17, 15) is 4.57 Å². The molecule has 0 spiro atoms. The van der Waals surface area contributed by atoms with Crippen LogP contribution in [0.3, 0.4) is 0 Å². The molecule has 0 unspecified atom stereocenters. The summed E-state index contributed by atoms with van der Waals surface area (Å²) in [4.78, 5) is 0. The number of hydrogen-bond acceptors (Lipinski definition) is 3. The van der Waals surface area contributed by atoms with Crippen molar-refractivity contribution in [2.75, 3.05) is 13.2 Å². The van der Waals surface area contributed by atoms with Crippen LogP contribution in [0.4, 0.5) is 0 Å². The second-order valence-electron chi connectivity index (χ2n) is 2.83. The number of hydrogen-bond donors (Lipinski definition) is 0. The Bertz CT molecular complexity index is 359. The van der Waals surface area contributed by atoms with Gasteiger partial charge >= 0.3 is 111 Å². The van der Waals surface area contributed by atoms with Crippen LogP contribution >= 0.6 is 16.9 Å². The number of rotatable bonds is 6. The van der Waals surface area contributed by atoms with E-state index in [1.165, 1.54) is 0 Å². The summed E-state index contributed by atoms with van der Waals surface area (Å²) in [6, 6.07) is 7.36. The minimum atomic E-state index is -2.87. The van der Waals surface area contributed by atoms with Gasteiger partial charge in [0.05, 0.1) is 0 Å². The molecule has 3 nitrogen and oxygen atoms in total. The van der Waals surface area contributed by atoms with Crippen LogP contribution in [0.1, 0.15) is 13.8 Å². The predicted octanol–water partition coefficient (Wildman–Crippen LogP) is 2.85. The van der Waals surface area contributed by atoms with Crippen molar-refractivity contribution in [1.82, 2.24) is 0 Å². The molecule has 0 fully saturated rings. The summed E-state index contributed by atoms with van der Waals surface area (Å²) >= 11 is 4.80. The molecule has 0 aliphatic carbocycles. The van der Waals surface area contributed by atoms with Crippen molar-refractivity contribution in [3.63, 3.8) is 0 Å². The van der Waals surface area contributed by atoms with Crippen LogP contribution in [0.15, 0.2) is 24.3 Å². The molecule has 1 aromatic carbocycles. The van der Waals surface area contributed by atoms with Gasteiger partial charge in [0.1, 0.15) is 0 Å². The average molecular weight is 376 g/mol. The Morgan fingerprint density at radius 2 is 1.69 bits per heavy atom. The van der Waals surface area contributed by atoms with Gasteiger partial charge < -0.3 is 0 Å². The molecule has 16 heavy (non-hydrogen) atoms.